The smallest absolute Gasteiger partial charge is 0.251 e. The van der Waals surface area contributed by atoms with E-state index in [4.69, 9.17) is 10.5 Å². The van der Waals surface area contributed by atoms with E-state index in [1.165, 1.54) is 0 Å². The van der Waals surface area contributed by atoms with Gasteiger partial charge in [0.1, 0.15) is 23.2 Å². The first-order chi connectivity index (χ1) is 13.6. The minimum Gasteiger partial charge on any atom is -0.438 e. The molecule has 140 valence electrons. The van der Waals surface area contributed by atoms with Crippen LogP contribution in [0.15, 0.2) is 60.7 Å². The summed E-state index contributed by atoms with van der Waals surface area (Å²) in [5.74, 6) is 0.964. The summed E-state index contributed by atoms with van der Waals surface area (Å²) in [7, 11) is 0. The molecule has 4 N–H and O–H groups in total. The molecule has 28 heavy (non-hydrogen) atoms. The van der Waals surface area contributed by atoms with E-state index in [0.29, 0.717) is 23.7 Å². The van der Waals surface area contributed by atoms with E-state index in [0.717, 1.165) is 5.69 Å². The normalized spacial score (nSPS) is 10.0. The summed E-state index contributed by atoms with van der Waals surface area (Å²) < 4.78 is 5.73. The predicted octanol–water partition coefficient (Wildman–Crippen LogP) is 3.82. The zero-order valence-corrected chi connectivity index (χ0v) is 15.3. The minimum absolute atomic E-state index is 0.121. The molecular weight excluding hydrogens is 354 g/mol. The number of anilines is 3. The third-order valence-electron chi connectivity index (χ3n) is 3.84. The van der Waals surface area contributed by atoms with Gasteiger partial charge >= 0.3 is 0 Å². The number of para-hydroxylation sites is 1. The Labute approximate surface area is 162 Å². The molecule has 0 aliphatic carbocycles. The highest BCUT2D eigenvalue weighted by Gasteiger charge is 2.13. The number of carbonyl (C=O) groups is 1. The summed E-state index contributed by atoms with van der Waals surface area (Å²) >= 11 is 0. The number of nitrogens with two attached hydrogens (primary N) is 1. The van der Waals surface area contributed by atoms with Gasteiger partial charge in [0.15, 0.2) is 0 Å². The fraction of sp³-hybridized carbons (Fsp3) is 0.0952. The summed E-state index contributed by atoms with van der Waals surface area (Å²) in [4.78, 5) is 16.2. The van der Waals surface area contributed by atoms with Crippen LogP contribution in [0.1, 0.15) is 22.8 Å². The van der Waals surface area contributed by atoms with Crippen LogP contribution in [0.4, 0.5) is 17.2 Å². The number of pyridine rings is 1. The summed E-state index contributed by atoms with van der Waals surface area (Å²) in [5.41, 5.74) is 7.70. The van der Waals surface area contributed by atoms with Crippen molar-refractivity contribution < 1.29 is 9.53 Å². The van der Waals surface area contributed by atoms with Crippen LogP contribution in [-0.4, -0.2) is 17.4 Å². The molecule has 1 amide bonds. The monoisotopic (exact) mass is 373 g/mol. The molecular formula is C21H19N5O2. The summed E-state index contributed by atoms with van der Waals surface area (Å²) in [6, 6.07) is 19.6. The van der Waals surface area contributed by atoms with Gasteiger partial charge in [-0.05, 0) is 43.3 Å². The fourth-order valence-electron chi connectivity index (χ4n) is 2.51. The Kier molecular flexibility index (Phi) is 5.72. The summed E-state index contributed by atoms with van der Waals surface area (Å²) in [5, 5.41) is 15.2. The van der Waals surface area contributed by atoms with Gasteiger partial charge in [-0.25, -0.2) is 0 Å². The third kappa shape index (κ3) is 4.37. The molecule has 0 aliphatic heterocycles. The lowest BCUT2D eigenvalue weighted by molar-refractivity contribution is 0.0956. The second-order valence-corrected chi connectivity index (χ2v) is 5.87. The van der Waals surface area contributed by atoms with Gasteiger partial charge in [0.2, 0.25) is 5.88 Å². The Morgan fingerprint density at radius 2 is 1.89 bits per heavy atom. The van der Waals surface area contributed by atoms with Gasteiger partial charge < -0.3 is 21.1 Å². The SMILES string of the molecule is CCNC(=O)c1ccc(Nc2cc(N)c(C#N)c(Oc3ccccc3)n2)cc1. The highest BCUT2D eigenvalue weighted by Crippen LogP contribution is 2.30. The minimum atomic E-state index is -0.131. The molecule has 0 saturated heterocycles. The molecule has 0 radical (unpaired) electrons. The maximum Gasteiger partial charge on any atom is 0.251 e. The fourth-order valence-corrected chi connectivity index (χ4v) is 2.51. The number of aromatic nitrogens is 1. The first-order valence-corrected chi connectivity index (χ1v) is 8.69. The van der Waals surface area contributed by atoms with Crippen molar-refractivity contribution >= 4 is 23.1 Å². The van der Waals surface area contributed by atoms with E-state index in [9.17, 15) is 10.1 Å². The number of amides is 1. The van der Waals surface area contributed by atoms with Crippen molar-refractivity contribution in [1.82, 2.24) is 10.3 Å². The molecule has 3 aromatic rings. The molecule has 1 heterocycles. The Bertz CT molecular complexity index is 1010. The average molecular weight is 373 g/mol. The number of nitrogens with zero attached hydrogens (tertiary/aromatic N) is 2. The standard InChI is InChI=1S/C21H19N5O2/c1-2-24-20(27)14-8-10-15(11-9-14)25-19-12-18(23)17(13-22)21(26-19)28-16-6-4-3-5-7-16/h3-12H,2H2,1H3,(H,24,27)(H3,23,25,26). The molecule has 0 saturated carbocycles. The van der Waals surface area contributed by atoms with Crippen LogP contribution in [0.5, 0.6) is 11.6 Å². The number of carbonyl (C=O) groups excluding carboxylic acids is 1. The first-order valence-electron chi connectivity index (χ1n) is 8.69. The molecule has 0 atom stereocenters. The van der Waals surface area contributed by atoms with Crippen molar-refractivity contribution in [2.75, 3.05) is 17.6 Å². The number of nitrogen functional groups attached to an aromatic ring is 1. The van der Waals surface area contributed by atoms with Gasteiger partial charge in [0.25, 0.3) is 5.91 Å². The van der Waals surface area contributed by atoms with Crippen LogP contribution >= 0.6 is 0 Å². The van der Waals surface area contributed by atoms with Crippen LogP contribution in [-0.2, 0) is 0 Å². The van der Waals surface area contributed by atoms with Gasteiger partial charge in [-0.15, -0.1) is 0 Å². The van der Waals surface area contributed by atoms with Crippen molar-refractivity contribution in [3.8, 4) is 17.7 Å². The number of hydrogen-bond donors (Lipinski definition) is 3. The van der Waals surface area contributed by atoms with E-state index in [1.54, 1.807) is 42.5 Å². The van der Waals surface area contributed by atoms with Crippen LogP contribution in [0.25, 0.3) is 0 Å². The lowest BCUT2D eigenvalue weighted by Gasteiger charge is -2.12. The van der Waals surface area contributed by atoms with E-state index < -0.39 is 0 Å². The lowest BCUT2D eigenvalue weighted by Crippen LogP contribution is -2.22. The molecule has 7 heteroatoms. The van der Waals surface area contributed by atoms with Crippen LogP contribution < -0.4 is 21.1 Å². The van der Waals surface area contributed by atoms with E-state index in [-0.39, 0.29) is 23.0 Å². The Morgan fingerprint density at radius 1 is 1.18 bits per heavy atom. The number of hydrogen-bond acceptors (Lipinski definition) is 6. The maximum absolute atomic E-state index is 11.8. The number of nitrogens with one attached hydrogen (secondary N) is 2. The second-order valence-electron chi connectivity index (χ2n) is 5.87. The van der Waals surface area contributed by atoms with Crippen molar-refractivity contribution in [3.63, 3.8) is 0 Å². The molecule has 0 fully saturated rings. The molecule has 3 rings (SSSR count). The zero-order valence-electron chi connectivity index (χ0n) is 15.3. The highest BCUT2D eigenvalue weighted by atomic mass is 16.5. The molecule has 1 aromatic heterocycles. The molecule has 2 aromatic carbocycles. The number of benzene rings is 2. The van der Waals surface area contributed by atoms with E-state index in [2.05, 4.69) is 15.6 Å². The van der Waals surface area contributed by atoms with Crippen LogP contribution in [0, 0.1) is 11.3 Å². The van der Waals surface area contributed by atoms with Gasteiger partial charge in [0, 0.05) is 23.9 Å². The van der Waals surface area contributed by atoms with E-state index in [1.807, 2.05) is 31.2 Å². The Morgan fingerprint density at radius 3 is 2.54 bits per heavy atom. The number of ether oxygens (including phenoxy) is 1. The highest BCUT2D eigenvalue weighted by molar-refractivity contribution is 5.94. The predicted molar refractivity (Wildman–Crippen MR) is 108 cm³/mol. The Balaban J connectivity index is 1.84. The van der Waals surface area contributed by atoms with Crippen molar-refractivity contribution in [3.05, 3.63) is 71.8 Å². The molecule has 0 unspecified atom stereocenters. The quantitative estimate of drug-likeness (QED) is 0.605. The van der Waals surface area contributed by atoms with E-state index >= 15 is 0 Å². The second kappa shape index (κ2) is 8.56. The van der Waals surface area contributed by atoms with Crippen LogP contribution in [0.3, 0.4) is 0 Å². The topological polar surface area (TPSA) is 113 Å². The Hall–Kier alpha value is -4.05. The molecule has 7 nitrogen and oxygen atoms in total. The van der Waals surface area contributed by atoms with Crippen molar-refractivity contribution in [2.24, 2.45) is 0 Å². The van der Waals surface area contributed by atoms with Crippen molar-refractivity contribution in [1.29, 1.82) is 5.26 Å². The molecule has 0 aliphatic rings. The summed E-state index contributed by atoms with van der Waals surface area (Å²) in [6.07, 6.45) is 0. The summed E-state index contributed by atoms with van der Waals surface area (Å²) in [6.45, 7) is 2.43. The molecule has 0 spiro atoms. The van der Waals surface area contributed by atoms with Gasteiger partial charge in [-0.2, -0.15) is 10.2 Å². The van der Waals surface area contributed by atoms with Crippen LogP contribution in [0.2, 0.25) is 0 Å². The average Bonchev–Trinajstić information content (AvgIpc) is 2.69. The molecule has 0 bridgehead atoms. The largest absolute Gasteiger partial charge is 0.438 e. The third-order valence-corrected chi connectivity index (χ3v) is 3.84. The zero-order chi connectivity index (χ0) is 19.9. The van der Waals surface area contributed by atoms with Crippen molar-refractivity contribution in [2.45, 2.75) is 6.92 Å². The number of nitriles is 1. The van der Waals surface area contributed by atoms with Gasteiger partial charge in [-0.1, -0.05) is 18.2 Å². The van der Waals surface area contributed by atoms with Gasteiger partial charge in [-0.3, -0.25) is 4.79 Å². The first kappa shape index (κ1) is 18.7. The maximum atomic E-state index is 11.8. The van der Waals surface area contributed by atoms with Gasteiger partial charge in [0.05, 0.1) is 5.69 Å². The number of rotatable bonds is 6. The lowest BCUT2D eigenvalue weighted by atomic mass is 10.2.